The van der Waals surface area contributed by atoms with Gasteiger partial charge in [-0.1, -0.05) is 133 Å². The SMILES string of the molecule is CCCCCCCCCCCCCCCCCCCC(=O)Cc1cccc(Cl)c1. The van der Waals surface area contributed by atoms with E-state index in [0.29, 0.717) is 23.6 Å². The lowest BCUT2D eigenvalue weighted by atomic mass is 10.0. The number of unbranched alkanes of at least 4 members (excludes halogenated alkanes) is 16. The summed E-state index contributed by atoms with van der Waals surface area (Å²) < 4.78 is 0. The van der Waals surface area contributed by atoms with Gasteiger partial charge in [-0.2, -0.15) is 0 Å². The van der Waals surface area contributed by atoms with Gasteiger partial charge >= 0.3 is 0 Å². The molecule has 0 N–H and O–H groups in total. The number of carbonyl (C=O) groups excluding carboxylic acids is 1. The van der Waals surface area contributed by atoms with Gasteiger partial charge in [-0.15, -0.1) is 0 Å². The average Bonchev–Trinajstić information content (AvgIpc) is 2.70. The largest absolute Gasteiger partial charge is 0.299 e. The minimum Gasteiger partial charge on any atom is -0.299 e. The number of rotatable bonds is 20. The van der Waals surface area contributed by atoms with Crippen LogP contribution in [0.1, 0.15) is 128 Å². The molecule has 29 heavy (non-hydrogen) atoms. The minimum atomic E-state index is 0.341. The molecule has 0 aliphatic heterocycles. The van der Waals surface area contributed by atoms with Crippen molar-refractivity contribution in [2.75, 3.05) is 0 Å². The molecule has 0 aromatic heterocycles. The zero-order chi connectivity index (χ0) is 21.0. The van der Waals surface area contributed by atoms with Crippen LogP contribution in [0.4, 0.5) is 0 Å². The Morgan fingerprint density at radius 1 is 0.690 bits per heavy atom. The monoisotopic (exact) mass is 420 g/mol. The van der Waals surface area contributed by atoms with Crippen molar-refractivity contribution in [1.82, 2.24) is 0 Å². The highest BCUT2D eigenvalue weighted by atomic mass is 35.5. The van der Waals surface area contributed by atoms with Gasteiger partial charge in [0.25, 0.3) is 0 Å². The summed E-state index contributed by atoms with van der Waals surface area (Å²) in [6, 6.07) is 7.65. The van der Waals surface area contributed by atoms with Crippen LogP contribution in [0.5, 0.6) is 0 Å². The van der Waals surface area contributed by atoms with Crippen molar-refractivity contribution < 1.29 is 4.79 Å². The zero-order valence-corrected chi connectivity index (χ0v) is 19.8. The topological polar surface area (TPSA) is 17.1 Å². The van der Waals surface area contributed by atoms with E-state index in [1.54, 1.807) is 0 Å². The Morgan fingerprint density at radius 2 is 1.14 bits per heavy atom. The number of hydrogen-bond acceptors (Lipinski definition) is 1. The molecular formula is C27H45ClO. The Labute approximate surface area is 186 Å². The predicted octanol–water partition coefficient (Wildman–Crippen LogP) is 9.49. The van der Waals surface area contributed by atoms with Gasteiger partial charge in [-0.3, -0.25) is 4.79 Å². The van der Waals surface area contributed by atoms with Crippen molar-refractivity contribution in [3.8, 4) is 0 Å². The van der Waals surface area contributed by atoms with Gasteiger partial charge in [0.15, 0.2) is 0 Å². The molecule has 1 aromatic rings. The molecule has 2 heteroatoms. The van der Waals surface area contributed by atoms with Crippen LogP contribution >= 0.6 is 11.6 Å². The average molecular weight is 421 g/mol. The van der Waals surface area contributed by atoms with Crippen LogP contribution in [0.15, 0.2) is 24.3 Å². The minimum absolute atomic E-state index is 0.341. The van der Waals surface area contributed by atoms with Crippen LogP contribution < -0.4 is 0 Å². The quantitative estimate of drug-likeness (QED) is 0.192. The number of benzene rings is 1. The third-order valence-corrected chi connectivity index (χ3v) is 6.08. The molecule has 0 unspecified atom stereocenters. The lowest BCUT2D eigenvalue weighted by Gasteiger charge is -2.04. The Morgan fingerprint density at radius 3 is 1.59 bits per heavy atom. The van der Waals surface area contributed by atoms with Crippen LogP contribution in [-0.4, -0.2) is 5.78 Å². The first-order chi connectivity index (χ1) is 14.2. The molecule has 166 valence electrons. The Balaban J connectivity index is 1.78. The Bertz CT molecular complexity index is 511. The first-order valence-electron chi connectivity index (χ1n) is 12.5. The third kappa shape index (κ3) is 16.6. The molecule has 1 nitrogen and oxygen atoms in total. The summed E-state index contributed by atoms with van der Waals surface area (Å²) in [4.78, 5) is 12.0. The molecule has 0 bridgehead atoms. The summed E-state index contributed by atoms with van der Waals surface area (Å²) in [5.74, 6) is 0.341. The van der Waals surface area contributed by atoms with Crippen molar-refractivity contribution in [3.63, 3.8) is 0 Å². The van der Waals surface area contributed by atoms with Crippen LogP contribution in [0.25, 0.3) is 0 Å². The van der Waals surface area contributed by atoms with E-state index < -0.39 is 0 Å². The van der Waals surface area contributed by atoms with Gasteiger partial charge in [0.2, 0.25) is 0 Å². The maximum absolute atomic E-state index is 12.0. The van der Waals surface area contributed by atoms with Crippen molar-refractivity contribution in [2.24, 2.45) is 0 Å². The second-order valence-corrected chi connectivity index (χ2v) is 9.19. The van der Waals surface area contributed by atoms with E-state index in [0.717, 1.165) is 12.0 Å². The first kappa shape index (κ1) is 26.2. The van der Waals surface area contributed by atoms with Crippen molar-refractivity contribution in [1.29, 1.82) is 0 Å². The van der Waals surface area contributed by atoms with E-state index in [1.165, 1.54) is 103 Å². The van der Waals surface area contributed by atoms with E-state index in [4.69, 9.17) is 11.6 Å². The van der Waals surface area contributed by atoms with Gasteiger partial charge in [0.1, 0.15) is 5.78 Å². The predicted molar refractivity (Wildman–Crippen MR) is 129 cm³/mol. The normalized spacial score (nSPS) is 11.1. The lowest BCUT2D eigenvalue weighted by molar-refractivity contribution is -0.118. The smallest absolute Gasteiger partial charge is 0.137 e. The highest BCUT2D eigenvalue weighted by Crippen LogP contribution is 2.15. The van der Waals surface area contributed by atoms with Gasteiger partial charge in [0, 0.05) is 17.9 Å². The summed E-state index contributed by atoms with van der Waals surface area (Å²) in [6.07, 6.45) is 24.6. The first-order valence-corrected chi connectivity index (χ1v) is 12.9. The summed E-state index contributed by atoms with van der Waals surface area (Å²) in [5, 5.41) is 0.716. The molecule has 0 amide bonds. The molecule has 0 saturated heterocycles. The number of halogens is 1. The number of carbonyl (C=O) groups is 1. The van der Waals surface area contributed by atoms with Crippen molar-refractivity contribution >= 4 is 17.4 Å². The fraction of sp³-hybridized carbons (Fsp3) is 0.741. The van der Waals surface area contributed by atoms with Gasteiger partial charge < -0.3 is 0 Å². The fourth-order valence-electron chi connectivity index (χ4n) is 4.01. The maximum Gasteiger partial charge on any atom is 0.137 e. The zero-order valence-electron chi connectivity index (χ0n) is 19.0. The molecule has 0 radical (unpaired) electrons. The van der Waals surface area contributed by atoms with Crippen LogP contribution in [0.3, 0.4) is 0 Å². The lowest BCUT2D eigenvalue weighted by Crippen LogP contribution is -2.02. The molecule has 0 saturated carbocycles. The highest BCUT2D eigenvalue weighted by molar-refractivity contribution is 6.30. The summed E-state index contributed by atoms with van der Waals surface area (Å²) in [6.45, 7) is 2.29. The van der Waals surface area contributed by atoms with Crippen LogP contribution in [-0.2, 0) is 11.2 Å². The highest BCUT2D eigenvalue weighted by Gasteiger charge is 2.04. The van der Waals surface area contributed by atoms with Crippen LogP contribution in [0, 0.1) is 0 Å². The van der Waals surface area contributed by atoms with Gasteiger partial charge in [-0.05, 0) is 24.1 Å². The summed E-state index contributed by atoms with van der Waals surface area (Å²) in [7, 11) is 0. The Kier molecular flexibility index (Phi) is 17.3. The van der Waals surface area contributed by atoms with E-state index in [1.807, 2.05) is 24.3 Å². The van der Waals surface area contributed by atoms with Crippen LogP contribution in [0.2, 0.25) is 5.02 Å². The molecular weight excluding hydrogens is 376 g/mol. The standard InChI is InChI=1S/C27H45ClO/c1-2-3-4-5-6-7-8-9-10-11-12-13-14-15-16-17-18-22-27(29)24-25-20-19-21-26(28)23-25/h19-21,23H,2-18,22,24H2,1H3. The van der Waals surface area contributed by atoms with Gasteiger partial charge in [-0.25, -0.2) is 0 Å². The van der Waals surface area contributed by atoms with E-state index in [-0.39, 0.29) is 0 Å². The molecule has 0 heterocycles. The van der Waals surface area contributed by atoms with E-state index >= 15 is 0 Å². The van der Waals surface area contributed by atoms with Gasteiger partial charge in [0.05, 0.1) is 0 Å². The molecule has 1 rings (SSSR count). The third-order valence-electron chi connectivity index (χ3n) is 5.85. The molecule has 1 aromatic carbocycles. The molecule has 0 atom stereocenters. The fourth-order valence-corrected chi connectivity index (χ4v) is 4.22. The second-order valence-electron chi connectivity index (χ2n) is 8.75. The van der Waals surface area contributed by atoms with Crippen molar-refractivity contribution in [3.05, 3.63) is 34.9 Å². The van der Waals surface area contributed by atoms with Crippen molar-refractivity contribution in [2.45, 2.75) is 129 Å². The second kappa shape index (κ2) is 19.2. The summed E-state index contributed by atoms with van der Waals surface area (Å²) >= 11 is 5.97. The molecule has 0 aliphatic carbocycles. The molecule has 0 spiro atoms. The maximum atomic E-state index is 12.0. The number of Topliss-reactive ketones (excluding diaryl/α,β-unsaturated/α-hetero) is 1. The Hall–Kier alpha value is -0.820. The number of hydrogen-bond donors (Lipinski definition) is 0. The molecule has 0 aliphatic rings. The van der Waals surface area contributed by atoms with E-state index in [2.05, 4.69) is 6.92 Å². The summed E-state index contributed by atoms with van der Waals surface area (Å²) in [5.41, 5.74) is 1.04. The molecule has 0 fully saturated rings. The number of ketones is 1. The van der Waals surface area contributed by atoms with E-state index in [9.17, 15) is 4.79 Å².